The minimum atomic E-state index is -0.985. The Morgan fingerprint density at radius 1 is 0.927 bits per heavy atom. The van der Waals surface area contributed by atoms with Gasteiger partial charge in [-0.2, -0.15) is 0 Å². The average molecular weight is 583 g/mol. The standard InChI is InChI=1S/C34H40ClFO5/c1-6-39-23-34(5,32(38)40-22-25-10-8-7-9-11-25)21-26(19-31(37)41-33(2,3)4)18-24-12-14-27(15-13-24)29-20-28(35)16-17-30(29)36/h7-17,20,26H,6,18-19,21-23H2,1-5H3/t26-,34-/m0/s1. The molecule has 0 spiro atoms. The van der Waals surface area contributed by atoms with Crippen molar-refractivity contribution in [3.8, 4) is 11.1 Å². The van der Waals surface area contributed by atoms with Gasteiger partial charge in [-0.1, -0.05) is 66.2 Å². The second-order valence-corrected chi connectivity index (χ2v) is 12.1. The van der Waals surface area contributed by atoms with Gasteiger partial charge in [0.15, 0.2) is 0 Å². The van der Waals surface area contributed by atoms with E-state index in [1.807, 2.05) is 89.2 Å². The third-order valence-corrected chi connectivity index (χ3v) is 6.90. The molecule has 0 aromatic heterocycles. The lowest BCUT2D eigenvalue weighted by atomic mass is 9.78. The molecule has 3 rings (SSSR count). The van der Waals surface area contributed by atoms with Gasteiger partial charge < -0.3 is 14.2 Å². The molecular formula is C34H40ClFO5. The van der Waals surface area contributed by atoms with Crippen LogP contribution in [0.4, 0.5) is 4.39 Å². The van der Waals surface area contributed by atoms with Crippen molar-refractivity contribution < 1.29 is 28.2 Å². The van der Waals surface area contributed by atoms with Crippen LogP contribution in [0.25, 0.3) is 11.1 Å². The van der Waals surface area contributed by atoms with Crippen LogP contribution in [-0.2, 0) is 36.8 Å². The van der Waals surface area contributed by atoms with E-state index in [0.717, 1.165) is 11.1 Å². The molecule has 0 aliphatic rings. The molecule has 41 heavy (non-hydrogen) atoms. The fraction of sp³-hybridized carbons (Fsp3) is 0.412. The number of rotatable bonds is 13. The van der Waals surface area contributed by atoms with E-state index in [1.165, 1.54) is 12.1 Å². The summed E-state index contributed by atoms with van der Waals surface area (Å²) in [7, 11) is 0. The van der Waals surface area contributed by atoms with Gasteiger partial charge in [-0.3, -0.25) is 9.59 Å². The van der Waals surface area contributed by atoms with Crippen LogP contribution < -0.4 is 0 Å². The van der Waals surface area contributed by atoms with Crippen LogP contribution in [-0.4, -0.2) is 30.8 Å². The summed E-state index contributed by atoms with van der Waals surface area (Å²) in [4.78, 5) is 26.4. The van der Waals surface area contributed by atoms with Crippen molar-refractivity contribution in [3.63, 3.8) is 0 Å². The van der Waals surface area contributed by atoms with Gasteiger partial charge >= 0.3 is 11.9 Å². The minimum Gasteiger partial charge on any atom is -0.460 e. The smallest absolute Gasteiger partial charge is 0.314 e. The maximum absolute atomic E-state index is 14.4. The third-order valence-electron chi connectivity index (χ3n) is 6.66. The molecule has 0 radical (unpaired) electrons. The molecule has 0 aliphatic heterocycles. The summed E-state index contributed by atoms with van der Waals surface area (Å²) in [6.45, 7) is 9.94. The van der Waals surface area contributed by atoms with Crippen molar-refractivity contribution in [1.29, 1.82) is 0 Å². The molecular weight excluding hydrogens is 543 g/mol. The summed E-state index contributed by atoms with van der Waals surface area (Å²) in [5.74, 6) is -1.31. The number of hydrogen-bond donors (Lipinski definition) is 0. The first-order valence-corrected chi connectivity index (χ1v) is 14.3. The molecule has 0 aliphatic carbocycles. The molecule has 0 bridgehead atoms. The van der Waals surface area contributed by atoms with E-state index in [0.29, 0.717) is 35.6 Å². The number of hydrogen-bond acceptors (Lipinski definition) is 5. The Morgan fingerprint density at radius 3 is 2.24 bits per heavy atom. The first kappa shape index (κ1) is 32.3. The summed E-state index contributed by atoms with van der Waals surface area (Å²) in [6.07, 6.45) is 0.978. The number of ether oxygens (including phenoxy) is 3. The lowest BCUT2D eigenvalue weighted by molar-refractivity contribution is -0.164. The molecule has 0 saturated carbocycles. The fourth-order valence-electron chi connectivity index (χ4n) is 4.77. The largest absolute Gasteiger partial charge is 0.460 e. The quantitative estimate of drug-likeness (QED) is 0.190. The summed E-state index contributed by atoms with van der Waals surface area (Å²) in [5, 5.41) is 0.454. The van der Waals surface area contributed by atoms with Gasteiger partial charge in [0, 0.05) is 23.6 Å². The number of carbonyl (C=O) groups excluding carboxylic acids is 2. The van der Waals surface area contributed by atoms with Crippen molar-refractivity contribution >= 4 is 23.5 Å². The topological polar surface area (TPSA) is 61.8 Å². The highest BCUT2D eigenvalue weighted by Crippen LogP contribution is 2.34. The molecule has 0 unspecified atom stereocenters. The highest BCUT2D eigenvalue weighted by Gasteiger charge is 2.39. The fourth-order valence-corrected chi connectivity index (χ4v) is 4.94. The molecule has 0 N–H and O–H groups in total. The molecule has 220 valence electrons. The van der Waals surface area contributed by atoms with Crippen molar-refractivity contribution in [3.05, 3.63) is 94.8 Å². The van der Waals surface area contributed by atoms with Gasteiger partial charge in [-0.15, -0.1) is 0 Å². The van der Waals surface area contributed by atoms with E-state index in [2.05, 4.69) is 0 Å². The summed E-state index contributed by atoms with van der Waals surface area (Å²) < 4.78 is 31.5. The number of halogens is 2. The molecule has 0 heterocycles. The average Bonchev–Trinajstić information content (AvgIpc) is 2.92. The zero-order chi connectivity index (χ0) is 30.0. The van der Waals surface area contributed by atoms with E-state index < -0.39 is 11.0 Å². The maximum Gasteiger partial charge on any atom is 0.314 e. The molecule has 5 nitrogen and oxygen atoms in total. The van der Waals surface area contributed by atoms with Crippen molar-refractivity contribution in [1.82, 2.24) is 0 Å². The van der Waals surface area contributed by atoms with Crippen LogP contribution in [0, 0.1) is 17.2 Å². The van der Waals surface area contributed by atoms with Crippen LogP contribution >= 0.6 is 11.6 Å². The third kappa shape index (κ3) is 10.3. The van der Waals surface area contributed by atoms with Crippen molar-refractivity contribution in [2.24, 2.45) is 11.3 Å². The second kappa shape index (κ2) is 14.6. The molecule has 3 aromatic carbocycles. The lowest BCUT2D eigenvalue weighted by Crippen LogP contribution is -2.38. The zero-order valence-corrected chi connectivity index (χ0v) is 25.3. The van der Waals surface area contributed by atoms with Crippen LogP contribution in [0.5, 0.6) is 0 Å². The monoisotopic (exact) mass is 582 g/mol. The van der Waals surface area contributed by atoms with Crippen LogP contribution in [0.1, 0.15) is 58.6 Å². The molecule has 0 fully saturated rings. The highest BCUT2D eigenvalue weighted by atomic mass is 35.5. The Bertz CT molecular complexity index is 1290. The lowest BCUT2D eigenvalue weighted by Gasteiger charge is -2.31. The van der Waals surface area contributed by atoms with Crippen LogP contribution in [0.15, 0.2) is 72.8 Å². The first-order chi connectivity index (χ1) is 19.4. The van der Waals surface area contributed by atoms with Gasteiger partial charge in [0.2, 0.25) is 0 Å². The Hall–Kier alpha value is -3.22. The van der Waals surface area contributed by atoms with E-state index in [4.69, 9.17) is 25.8 Å². The minimum absolute atomic E-state index is 0.121. The van der Waals surface area contributed by atoms with Gasteiger partial charge in [0.05, 0.1) is 12.0 Å². The van der Waals surface area contributed by atoms with E-state index in [1.54, 1.807) is 6.07 Å². The molecule has 0 amide bonds. The van der Waals surface area contributed by atoms with Crippen molar-refractivity contribution in [2.45, 2.75) is 66.1 Å². The molecule has 3 aromatic rings. The molecule has 7 heteroatoms. The van der Waals surface area contributed by atoms with Crippen LogP contribution in [0.2, 0.25) is 5.02 Å². The SMILES string of the molecule is CCOC[C@](C)(C[C@H](CC(=O)OC(C)(C)C)Cc1ccc(-c2cc(Cl)ccc2F)cc1)C(=O)OCc1ccccc1. The number of esters is 2. The van der Waals surface area contributed by atoms with Crippen LogP contribution in [0.3, 0.4) is 0 Å². The Labute approximate surface area is 248 Å². The predicted molar refractivity (Wildman–Crippen MR) is 160 cm³/mol. The summed E-state index contributed by atoms with van der Waals surface area (Å²) in [5.41, 5.74) is 1.33. The van der Waals surface area contributed by atoms with E-state index in [-0.39, 0.29) is 43.3 Å². The summed E-state index contributed by atoms with van der Waals surface area (Å²) in [6, 6.07) is 21.4. The highest BCUT2D eigenvalue weighted by molar-refractivity contribution is 6.30. The second-order valence-electron chi connectivity index (χ2n) is 11.6. The maximum atomic E-state index is 14.4. The Morgan fingerprint density at radius 2 is 1.61 bits per heavy atom. The number of benzene rings is 3. The number of carbonyl (C=O) groups is 2. The summed E-state index contributed by atoms with van der Waals surface area (Å²) >= 11 is 6.08. The zero-order valence-electron chi connectivity index (χ0n) is 24.5. The van der Waals surface area contributed by atoms with Gasteiger partial charge in [0.25, 0.3) is 0 Å². The van der Waals surface area contributed by atoms with E-state index in [9.17, 15) is 14.0 Å². The Kier molecular flexibility index (Phi) is 11.5. The first-order valence-electron chi connectivity index (χ1n) is 13.9. The van der Waals surface area contributed by atoms with Gasteiger partial charge in [-0.05, 0) is 88.3 Å². The normalized spacial score (nSPS) is 13.7. The molecule has 2 atom stereocenters. The Balaban J connectivity index is 1.83. The van der Waals surface area contributed by atoms with E-state index >= 15 is 0 Å². The van der Waals surface area contributed by atoms with Gasteiger partial charge in [-0.25, -0.2) is 4.39 Å². The predicted octanol–water partition coefficient (Wildman–Crippen LogP) is 8.21. The van der Waals surface area contributed by atoms with Crippen molar-refractivity contribution in [2.75, 3.05) is 13.2 Å². The molecule has 0 saturated heterocycles. The van der Waals surface area contributed by atoms with Gasteiger partial charge in [0.1, 0.15) is 18.0 Å².